The van der Waals surface area contributed by atoms with Crippen molar-refractivity contribution in [2.24, 2.45) is 0 Å². The van der Waals surface area contributed by atoms with Gasteiger partial charge in [-0.05, 0) is 24.3 Å². The normalized spacial score (nSPS) is 15.5. The van der Waals surface area contributed by atoms with Gasteiger partial charge >= 0.3 is 0 Å². The highest BCUT2D eigenvalue weighted by molar-refractivity contribution is 5.91. The molecule has 1 aliphatic rings. The highest BCUT2D eigenvalue weighted by Gasteiger charge is 2.25. The van der Waals surface area contributed by atoms with Crippen LogP contribution in [0.3, 0.4) is 0 Å². The summed E-state index contributed by atoms with van der Waals surface area (Å²) in [4.78, 5) is 16.2. The maximum Gasteiger partial charge on any atom is 0.289 e. The minimum Gasteiger partial charge on any atom is -0.459 e. The quantitative estimate of drug-likeness (QED) is 0.713. The molecule has 7 heteroatoms. The van der Waals surface area contributed by atoms with Gasteiger partial charge in [0.1, 0.15) is 0 Å². The van der Waals surface area contributed by atoms with Crippen LogP contribution in [0.15, 0.2) is 47.2 Å². The zero-order valence-electron chi connectivity index (χ0n) is 11.9. The lowest BCUT2D eigenvalue weighted by Crippen LogP contribution is -2.49. The van der Waals surface area contributed by atoms with Gasteiger partial charge in [0.05, 0.1) is 6.26 Å². The third-order valence-electron chi connectivity index (χ3n) is 3.88. The van der Waals surface area contributed by atoms with E-state index in [0.717, 1.165) is 24.7 Å². The Labute approximate surface area is 126 Å². The van der Waals surface area contributed by atoms with Crippen LogP contribution in [0.5, 0.6) is 0 Å². The molecular weight excluding hydrogens is 282 g/mol. The molecule has 4 heterocycles. The van der Waals surface area contributed by atoms with Crippen molar-refractivity contribution in [3.63, 3.8) is 0 Å². The van der Waals surface area contributed by atoms with Gasteiger partial charge in [0, 0.05) is 32.4 Å². The maximum atomic E-state index is 12.2. The summed E-state index contributed by atoms with van der Waals surface area (Å²) in [6, 6.07) is 9.24. The molecule has 0 aromatic carbocycles. The second kappa shape index (κ2) is 5.18. The highest BCUT2D eigenvalue weighted by atomic mass is 16.3. The van der Waals surface area contributed by atoms with Crippen LogP contribution in [0, 0.1) is 0 Å². The van der Waals surface area contributed by atoms with Crippen LogP contribution in [0.1, 0.15) is 10.6 Å². The Hall–Kier alpha value is -2.83. The van der Waals surface area contributed by atoms with Gasteiger partial charge in [-0.3, -0.25) is 9.20 Å². The average molecular weight is 297 g/mol. The lowest BCUT2D eigenvalue weighted by atomic mass is 10.3. The zero-order chi connectivity index (χ0) is 14.9. The van der Waals surface area contributed by atoms with E-state index in [1.807, 2.05) is 28.8 Å². The van der Waals surface area contributed by atoms with E-state index in [-0.39, 0.29) is 5.91 Å². The van der Waals surface area contributed by atoms with Crippen LogP contribution in [-0.2, 0) is 0 Å². The van der Waals surface area contributed by atoms with E-state index in [0.29, 0.717) is 18.8 Å². The highest BCUT2D eigenvalue weighted by Crippen LogP contribution is 2.16. The largest absolute Gasteiger partial charge is 0.459 e. The first-order valence-corrected chi connectivity index (χ1v) is 7.20. The summed E-state index contributed by atoms with van der Waals surface area (Å²) in [7, 11) is 0. The van der Waals surface area contributed by atoms with Crippen molar-refractivity contribution < 1.29 is 9.21 Å². The Kier molecular flexibility index (Phi) is 3.03. The number of pyridine rings is 1. The molecule has 22 heavy (non-hydrogen) atoms. The van der Waals surface area contributed by atoms with Crippen LogP contribution >= 0.6 is 0 Å². The average Bonchev–Trinajstić information content (AvgIpc) is 3.24. The van der Waals surface area contributed by atoms with Gasteiger partial charge in [0.15, 0.2) is 11.4 Å². The molecule has 3 aromatic rings. The molecular formula is C15H15N5O2. The van der Waals surface area contributed by atoms with Gasteiger partial charge in [0.2, 0.25) is 5.95 Å². The summed E-state index contributed by atoms with van der Waals surface area (Å²) >= 11 is 0. The molecule has 0 bridgehead atoms. The van der Waals surface area contributed by atoms with Crippen molar-refractivity contribution in [1.29, 1.82) is 0 Å². The first kappa shape index (κ1) is 12.9. The van der Waals surface area contributed by atoms with E-state index in [1.54, 1.807) is 17.0 Å². The Bertz CT molecular complexity index is 787. The van der Waals surface area contributed by atoms with Gasteiger partial charge in [-0.2, -0.15) is 0 Å². The van der Waals surface area contributed by atoms with E-state index in [2.05, 4.69) is 15.1 Å². The second-order valence-corrected chi connectivity index (χ2v) is 5.19. The third kappa shape index (κ3) is 2.11. The first-order chi connectivity index (χ1) is 10.8. The second-order valence-electron chi connectivity index (χ2n) is 5.19. The monoisotopic (exact) mass is 297 g/mol. The van der Waals surface area contributed by atoms with E-state index in [1.165, 1.54) is 6.26 Å². The minimum atomic E-state index is -0.0595. The van der Waals surface area contributed by atoms with E-state index >= 15 is 0 Å². The predicted octanol–water partition coefficient (Wildman–Crippen LogP) is 1.28. The number of carbonyl (C=O) groups excluding carboxylic acids is 1. The number of furan rings is 1. The Morgan fingerprint density at radius 3 is 2.68 bits per heavy atom. The number of piperazine rings is 1. The molecule has 0 N–H and O–H groups in total. The summed E-state index contributed by atoms with van der Waals surface area (Å²) in [6.07, 6.45) is 3.47. The number of anilines is 1. The molecule has 0 aliphatic carbocycles. The summed E-state index contributed by atoms with van der Waals surface area (Å²) in [5, 5.41) is 8.42. The standard InChI is InChI=1S/C15H15N5O2/c21-14(12-4-3-11-22-12)18-7-9-19(10-8-18)15-17-16-13-5-1-2-6-20(13)15/h1-6,11H,7-10H2. The number of hydrogen-bond donors (Lipinski definition) is 0. The molecule has 1 saturated heterocycles. The fourth-order valence-corrected chi connectivity index (χ4v) is 2.71. The van der Waals surface area contributed by atoms with Gasteiger partial charge < -0.3 is 14.2 Å². The van der Waals surface area contributed by atoms with E-state index < -0.39 is 0 Å². The summed E-state index contributed by atoms with van der Waals surface area (Å²) < 4.78 is 7.14. The maximum absolute atomic E-state index is 12.2. The van der Waals surface area contributed by atoms with Crippen LogP contribution in [-0.4, -0.2) is 51.6 Å². The van der Waals surface area contributed by atoms with Crippen LogP contribution < -0.4 is 4.90 Å². The smallest absolute Gasteiger partial charge is 0.289 e. The third-order valence-corrected chi connectivity index (χ3v) is 3.88. The topological polar surface area (TPSA) is 66.9 Å². The number of aromatic nitrogens is 3. The number of rotatable bonds is 2. The van der Waals surface area contributed by atoms with Crippen molar-refractivity contribution in [3.05, 3.63) is 48.6 Å². The van der Waals surface area contributed by atoms with Crippen molar-refractivity contribution in [2.45, 2.75) is 0 Å². The molecule has 0 radical (unpaired) electrons. The number of hydrogen-bond acceptors (Lipinski definition) is 5. The molecule has 4 rings (SSSR count). The van der Waals surface area contributed by atoms with Crippen molar-refractivity contribution in [2.75, 3.05) is 31.1 Å². The Morgan fingerprint density at radius 2 is 1.91 bits per heavy atom. The number of fused-ring (bicyclic) bond motifs is 1. The van der Waals surface area contributed by atoms with Gasteiger partial charge in [-0.25, -0.2) is 0 Å². The predicted molar refractivity (Wildman–Crippen MR) is 79.8 cm³/mol. The molecule has 3 aromatic heterocycles. The van der Waals surface area contributed by atoms with E-state index in [9.17, 15) is 4.79 Å². The molecule has 1 aliphatic heterocycles. The van der Waals surface area contributed by atoms with Gasteiger partial charge in [-0.1, -0.05) is 6.07 Å². The van der Waals surface area contributed by atoms with Crippen molar-refractivity contribution in [3.8, 4) is 0 Å². The fraction of sp³-hybridized carbons (Fsp3) is 0.267. The zero-order valence-corrected chi connectivity index (χ0v) is 11.9. The van der Waals surface area contributed by atoms with Gasteiger partial charge in [0.25, 0.3) is 5.91 Å². The van der Waals surface area contributed by atoms with Crippen molar-refractivity contribution in [1.82, 2.24) is 19.5 Å². The lowest BCUT2D eigenvalue weighted by molar-refractivity contribution is 0.0714. The molecule has 112 valence electrons. The molecule has 0 atom stereocenters. The Morgan fingerprint density at radius 1 is 1.05 bits per heavy atom. The summed E-state index contributed by atoms with van der Waals surface area (Å²) in [6.45, 7) is 2.73. The first-order valence-electron chi connectivity index (χ1n) is 7.20. The summed E-state index contributed by atoms with van der Waals surface area (Å²) in [5.74, 6) is 1.15. The fourth-order valence-electron chi connectivity index (χ4n) is 2.71. The SMILES string of the molecule is O=C(c1ccco1)N1CCN(c2nnc3ccccn23)CC1. The molecule has 7 nitrogen and oxygen atoms in total. The number of amides is 1. The Balaban J connectivity index is 1.49. The van der Waals surface area contributed by atoms with Gasteiger partial charge in [-0.15, -0.1) is 10.2 Å². The van der Waals surface area contributed by atoms with E-state index in [4.69, 9.17) is 4.42 Å². The lowest BCUT2D eigenvalue weighted by Gasteiger charge is -2.34. The minimum absolute atomic E-state index is 0.0595. The number of nitrogens with zero attached hydrogens (tertiary/aromatic N) is 5. The molecule has 0 saturated carbocycles. The van der Waals surface area contributed by atoms with Crippen LogP contribution in [0.4, 0.5) is 5.95 Å². The molecule has 1 fully saturated rings. The number of carbonyl (C=O) groups is 1. The van der Waals surface area contributed by atoms with Crippen LogP contribution in [0.25, 0.3) is 5.65 Å². The van der Waals surface area contributed by atoms with Crippen LogP contribution in [0.2, 0.25) is 0 Å². The molecule has 1 amide bonds. The van der Waals surface area contributed by atoms with Crippen molar-refractivity contribution >= 4 is 17.5 Å². The molecule has 0 spiro atoms. The summed E-state index contributed by atoms with van der Waals surface area (Å²) in [5.41, 5.74) is 0.826. The molecule has 0 unspecified atom stereocenters.